The van der Waals surface area contributed by atoms with E-state index >= 15 is 0 Å². The van der Waals surface area contributed by atoms with Gasteiger partial charge >= 0.3 is 0 Å². The lowest BCUT2D eigenvalue weighted by atomic mass is 10.2. The van der Waals surface area contributed by atoms with Crippen LogP contribution in [0.4, 0.5) is 4.39 Å². The smallest absolute Gasteiger partial charge is 0.126 e. The van der Waals surface area contributed by atoms with E-state index in [-0.39, 0.29) is 5.82 Å². The Kier molecular flexibility index (Phi) is 2.71. The topological polar surface area (TPSA) is 9.23 Å². The van der Waals surface area contributed by atoms with E-state index < -0.39 is 0 Å². The predicted octanol–water partition coefficient (Wildman–Crippen LogP) is 3.31. The van der Waals surface area contributed by atoms with E-state index in [1.165, 1.54) is 18.9 Å². The molecule has 1 aliphatic rings. The molecule has 0 amide bonds. The number of aryl methyl sites for hydroxylation is 1. The monoisotopic (exact) mass is 194 g/mol. The molecule has 0 aromatic heterocycles. The molecule has 0 heterocycles. The van der Waals surface area contributed by atoms with E-state index in [0.29, 0.717) is 5.56 Å². The summed E-state index contributed by atoms with van der Waals surface area (Å²) in [6, 6.07) is 4.90. The zero-order chi connectivity index (χ0) is 9.97. The summed E-state index contributed by atoms with van der Waals surface area (Å²) in [5.74, 6) is 1.50. The molecule has 1 fully saturated rings. The number of hydrogen-bond acceptors (Lipinski definition) is 1. The molecule has 0 atom stereocenters. The van der Waals surface area contributed by atoms with E-state index in [9.17, 15) is 4.39 Å². The summed E-state index contributed by atoms with van der Waals surface area (Å²) in [6.07, 6.45) is 3.84. The molecule has 0 unspecified atom stereocenters. The predicted molar refractivity (Wildman–Crippen MR) is 54.0 cm³/mol. The molecular formula is C12H15FO. The number of hydrogen-bond donors (Lipinski definition) is 0. The SMILES string of the molecule is Cc1cc(OCCC2CC2)ccc1F. The third-order valence-electron chi connectivity index (χ3n) is 2.62. The van der Waals surface area contributed by atoms with Crippen molar-refractivity contribution in [3.8, 4) is 5.75 Å². The summed E-state index contributed by atoms with van der Waals surface area (Å²) in [5, 5.41) is 0. The molecule has 0 bridgehead atoms. The number of benzene rings is 1. The van der Waals surface area contributed by atoms with Crippen LogP contribution in [0.5, 0.6) is 5.75 Å². The van der Waals surface area contributed by atoms with E-state index in [1.54, 1.807) is 19.1 Å². The van der Waals surface area contributed by atoms with Gasteiger partial charge in [0.2, 0.25) is 0 Å². The summed E-state index contributed by atoms with van der Waals surface area (Å²) in [4.78, 5) is 0. The van der Waals surface area contributed by atoms with E-state index in [0.717, 1.165) is 24.7 Å². The van der Waals surface area contributed by atoms with Crippen molar-refractivity contribution in [1.82, 2.24) is 0 Å². The Bertz CT molecular complexity index is 318. The third kappa shape index (κ3) is 2.47. The minimum atomic E-state index is -0.167. The molecule has 1 aliphatic carbocycles. The summed E-state index contributed by atoms with van der Waals surface area (Å²) >= 11 is 0. The lowest BCUT2D eigenvalue weighted by Gasteiger charge is -2.06. The summed E-state index contributed by atoms with van der Waals surface area (Å²) in [7, 11) is 0. The van der Waals surface area contributed by atoms with Crippen LogP contribution >= 0.6 is 0 Å². The molecule has 0 radical (unpaired) electrons. The molecule has 2 rings (SSSR count). The van der Waals surface area contributed by atoms with Gasteiger partial charge in [0.25, 0.3) is 0 Å². The van der Waals surface area contributed by atoms with Gasteiger partial charge in [0.1, 0.15) is 11.6 Å². The largest absolute Gasteiger partial charge is 0.494 e. The minimum absolute atomic E-state index is 0.167. The first kappa shape index (κ1) is 9.50. The van der Waals surface area contributed by atoms with Crippen molar-refractivity contribution < 1.29 is 9.13 Å². The summed E-state index contributed by atoms with van der Waals surface area (Å²) < 4.78 is 18.4. The van der Waals surface area contributed by atoms with Crippen LogP contribution in [-0.2, 0) is 0 Å². The third-order valence-corrected chi connectivity index (χ3v) is 2.62. The van der Waals surface area contributed by atoms with Crippen molar-refractivity contribution in [3.63, 3.8) is 0 Å². The maximum absolute atomic E-state index is 12.9. The molecule has 2 heteroatoms. The average Bonchev–Trinajstić information content (AvgIpc) is 2.95. The van der Waals surface area contributed by atoms with Crippen LogP contribution in [0.25, 0.3) is 0 Å². The highest BCUT2D eigenvalue weighted by atomic mass is 19.1. The Labute approximate surface area is 83.9 Å². The van der Waals surface area contributed by atoms with Gasteiger partial charge in [-0.1, -0.05) is 12.8 Å². The highest BCUT2D eigenvalue weighted by molar-refractivity contribution is 5.28. The summed E-state index contributed by atoms with van der Waals surface area (Å²) in [6.45, 7) is 2.51. The van der Waals surface area contributed by atoms with E-state index in [2.05, 4.69) is 0 Å². The fraction of sp³-hybridized carbons (Fsp3) is 0.500. The molecule has 1 saturated carbocycles. The van der Waals surface area contributed by atoms with Crippen LogP contribution in [0.15, 0.2) is 18.2 Å². The molecule has 0 N–H and O–H groups in total. The Morgan fingerprint density at radius 2 is 2.21 bits per heavy atom. The Morgan fingerprint density at radius 3 is 2.86 bits per heavy atom. The van der Waals surface area contributed by atoms with Crippen molar-refractivity contribution in [1.29, 1.82) is 0 Å². The van der Waals surface area contributed by atoms with Gasteiger partial charge in [0.05, 0.1) is 6.61 Å². The molecule has 76 valence electrons. The molecule has 0 saturated heterocycles. The standard InChI is InChI=1S/C12H15FO/c1-9-8-11(4-5-12(9)13)14-7-6-10-2-3-10/h4-5,8,10H,2-3,6-7H2,1H3. The second-order valence-corrected chi connectivity index (χ2v) is 3.99. The van der Waals surface area contributed by atoms with Crippen molar-refractivity contribution >= 4 is 0 Å². The molecule has 0 spiro atoms. The van der Waals surface area contributed by atoms with Crippen LogP contribution in [0.2, 0.25) is 0 Å². The Balaban J connectivity index is 1.85. The first-order valence-corrected chi connectivity index (χ1v) is 5.14. The van der Waals surface area contributed by atoms with Crippen LogP contribution in [0, 0.1) is 18.7 Å². The van der Waals surface area contributed by atoms with E-state index in [1.807, 2.05) is 0 Å². The zero-order valence-electron chi connectivity index (χ0n) is 8.42. The molecule has 1 aromatic carbocycles. The lowest BCUT2D eigenvalue weighted by molar-refractivity contribution is 0.302. The Hall–Kier alpha value is -1.05. The van der Waals surface area contributed by atoms with Gasteiger partial charge in [-0.15, -0.1) is 0 Å². The van der Waals surface area contributed by atoms with Crippen molar-refractivity contribution in [2.24, 2.45) is 5.92 Å². The van der Waals surface area contributed by atoms with Crippen LogP contribution < -0.4 is 4.74 Å². The van der Waals surface area contributed by atoms with Gasteiger partial charge in [-0.25, -0.2) is 4.39 Å². The van der Waals surface area contributed by atoms with Gasteiger partial charge < -0.3 is 4.74 Å². The van der Waals surface area contributed by atoms with Crippen molar-refractivity contribution in [3.05, 3.63) is 29.6 Å². The maximum Gasteiger partial charge on any atom is 0.126 e. The second kappa shape index (κ2) is 3.99. The first-order chi connectivity index (χ1) is 6.75. The number of ether oxygens (including phenoxy) is 1. The van der Waals surface area contributed by atoms with Crippen LogP contribution in [0.3, 0.4) is 0 Å². The lowest BCUT2D eigenvalue weighted by Crippen LogP contribution is -1.98. The van der Waals surface area contributed by atoms with Gasteiger partial charge in [0, 0.05) is 0 Å². The molecule has 1 aromatic rings. The Morgan fingerprint density at radius 1 is 1.43 bits per heavy atom. The molecule has 0 aliphatic heterocycles. The highest BCUT2D eigenvalue weighted by Crippen LogP contribution is 2.32. The van der Waals surface area contributed by atoms with Crippen molar-refractivity contribution in [2.75, 3.05) is 6.61 Å². The van der Waals surface area contributed by atoms with Crippen LogP contribution in [0.1, 0.15) is 24.8 Å². The zero-order valence-corrected chi connectivity index (χ0v) is 8.42. The van der Waals surface area contributed by atoms with Gasteiger partial charge in [-0.2, -0.15) is 0 Å². The average molecular weight is 194 g/mol. The fourth-order valence-corrected chi connectivity index (χ4v) is 1.46. The highest BCUT2D eigenvalue weighted by Gasteiger charge is 2.20. The number of halogens is 1. The normalized spacial score (nSPS) is 15.6. The fourth-order valence-electron chi connectivity index (χ4n) is 1.46. The maximum atomic E-state index is 12.9. The number of rotatable bonds is 4. The second-order valence-electron chi connectivity index (χ2n) is 3.99. The van der Waals surface area contributed by atoms with Gasteiger partial charge in [-0.3, -0.25) is 0 Å². The minimum Gasteiger partial charge on any atom is -0.494 e. The van der Waals surface area contributed by atoms with Crippen molar-refractivity contribution in [2.45, 2.75) is 26.2 Å². The van der Waals surface area contributed by atoms with E-state index in [4.69, 9.17) is 4.74 Å². The first-order valence-electron chi connectivity index (χ1n) is 5.14. The molecule has 1 nitrogen and oxygen atoms in total. The molecule has 14 heavy (non-hydrogen) atoms. The molecular weight excluding hydrogens is 179 g/mol. The van der Waals surface area contributed by atoms with Gasteiger partial charge in [-0.05, 0) is 43.0 Å². The van der Waals surface area contributed by atoms with Crippen LogP contribution in [-0.4, -0.2) is 6.61 Å². The summed E-state index contributed by atoms with van der Waals surface area (Å²) in [5.41, 5.74) is 0.647. The quantitative estimate of drug-likeness (QED) is 0.714. The van der Waals surface area contributed by atoms with Gasteiger partial charge in [0.15, 0.2) is 0 Å².